The molecule has 5 nitrogen and oxygen atoms in total. The molecule has 0 aliphatic carbocycles. The number of aliphatic hydroxyl groups is 1. The van der Waals surface area contributed by atoms with E-state index >= 15 is 0 Å². The summed E-state index contributed by atoms with van der Waals surface area (Å²) in [6, 6.07) is 13.7. The molecule has 2 heterocycles. The summed E-state index contributed by atoms with van der Waals surface area (Å²) in [5.74, 6) is 0.575. The Morgan fingerprint density at radius 1 is 1.09 bits per heavy atom. The SMILES string of the molecule is OC(CN(Cc1ccccc1)CC1OCCO1)c1ccco1. The van der Waals surface area contributed by atoms with Crippen LogP contribution in [0.2, 0.25) is 0 Å². The summed E-state index contributed by atoms with van der Waals surface area (Å²) >= 11 is 0. The van der Waals surface area contributed by atoms with Crippen molar-refractivity contribution in [3.8, 4) is 0 Å². The molecule has 22 heavy (non-hydrogen) atoms. The van der Waals surface area contributed by atoms with Crippen LogP contribution in [0.15, 0.2) is 53.1 Å². The molecule has 0 radical (unpaired) electrons. The fourth-order valence-electron chi connectivity index (χ4n) is 2.58. The second-order valence-electron chi connectivity index (χ2n) is 5.38. The van der Waals surface area contributed by atoms with Crippen LogP contribution < -0.4 is 0 Å². The first-order valence-electron chi connectivity index (χ1n) is 7.52. The Morgan fingerprint density at radius 3 is 2.55 bits per heavy atom. The minimum Gasteiger partial charge on any atom is -0.467 e. The number of hydrogen-bond acceptors (Lipinski definition) is 5. The van der Waals surface area contributed by atoms with Gasteiger partial charge in [-0.3, -0.25) is 4.90 Å². The van der Waals surface area contributed by atoms with E-state index in [-0.39, 0.29) is 6.29 Å². The van der Waals surface area contributed by atoms with Gasteiger partial charge in [-0.2, -0.15) is 0 Å². The minimum absolute atomic E-state index is 0.229. The summed E-state index contributed by atoms with van der Waals surface area (Å²) in [6.45, 7) is 3.06. The quantitative estimate of drug-likeness (QED) is 0.850. The largest absolute Gasteiger partial charge is 0.467 e. The molecule has 3 rings (SSSR count). The highest BCUT2D eigenvalue weighted by Crippen LogP contribution is 2.18. The Balaban J connectivity index is 1.64. The highest BCUT2D eigenvalue weighted by atomic mass is 16.7. The lowest BCUT2D eigenvalue weighted by Gasteiger charge is -2.26. The van der Waals surface area contributed by atoms with E-state index in [1.165, 1.54) is 5.56 Å². The maximum Gasteiger partial charge on any atom is 0.170 e. The number of aliphatic hydroxyl groups excluding tert-OH is 1. The number of rotatable bonds is 7. The second-order valence-corrected chi connectivity index (χ2v) is 5.38. The van der Waals surface area contributed by atoms with Crippen molar-refractivity contribution in [3.63, 3.8) is 0 Å². The highest BCUT2D eigenvalue weighted by Gasteiger charge is 2.23. The maximum atomic E-state index is 10.3. The zero-order valence-corrected chi connectivity index (χ0v) is 12.4. The number of nitrogens with zero attached hydrogens (tertiary/aromatic N) is 1. The molecule has 0 bridgehead atoms. The van der Waals surface area contributed by atoms with Crippen molar-refractivity contribution >= 4 is 0 Å². The van der Waals surface area contributed by atoms with Crippen LogP contribution in [-0.4, -0.2) is 42.6 Å². The minimum atomic E-state index is -0.667. The third kappa shape index (κ3) is 4.18. The second kappa shape index (κ2) is 7.56. The summed E-state index contributed by atoms with van der Waals surface area (Å²) in [5, 5.41) is 10.3. The van der Waals surface area contributed by atoms with Gasteiger partial charge in [-0.1, -0.05) is 30.3 Å². The molecule has 1 atom stereocenters. The van der Waals surface area contributed by atoms with Crippen LogP contribution in [0.25, 0.3) is 0 Å². The molecule has 1 N–H and O–H groups in total. The lowest BCUT2D eigenvalue weighted by Crippen LogP contribution is -2.35. The Morgan fingerprint density at radius 2 is 1.86 bits per heavy atom. The summed E-state index contributed by atoms with van der Waals surface area (Å²) < 4.78 is 16.3. The van der Waals surface area contributed by atoms with Crippen LogP contribution in [0.3, 0.4) is 0 Å². The zero-order valence-electron chi connectivity index (χ0n) is 12.4. The smallest absolute Gasteiger partial charge is 0.170 e. The van der Waals surface area contributed by atoms with Gasteiger partial charge in [0, 0.05) is 19.6 Å². The molecular weight excluding hydrogens is 282 g/mol. The average molecular weight is 303 g/mol. The maximum absolute atomic E-state index is 10.3. The van der Waals surface area contributed by atoms with Crippen LogP contribution >= 0.6 is 0 Å². The highest BCUT2D eigenvalue weighted by molar-refractivity contribution is 5.14. The molecule has 2 aromatic rings. The van der Waals surface area contributed by atoms with Crippen LogP contribution in [0.5, 0.6) is 0 Å². The molecule has 5 heteroatoms. The molecule has 0 amide bonds. The molecule has 1 aliphatic heterocycles. The van der Waals surface area contributed by atoms with Gasteiger partial charge in [-0.05, 0) is 17.7 Å². The topological polar surface area (TPSA) is 55.1 Å². The molecule has 1 aromatic heterocycles. The normalized spacial score (nSPS) is 17.2. The lowest BCUT2D eigenvalue weighted by molar-refractivity contribution is -0.0692. The van der Waals surface area contributed by atoms with E-state index < -0.39 is 6.10 Å². The molecule has 1 saturated heterocycles. The van der Waals surface area contributed by atoms with E-state index in [0.717, 1.165) is 6.54 Å². The molecule has 1 aliphatic rings. The van der Waals surface area contributed by atoms with E-state index in [9.17, 15) is 5.11 Å². The first-order valence-corrected chi connectivity index (χ1v) is 7.52. The van der Waals surface area contributed by atoms with Gasteiger partial charge >= 0.3 is 0 Å². The Bertz CT molecular complexity index is 537. The molecule has 0 spiro atoms. The number of hydrogen-bond donors (Lipinski definition) is 1. The number of ether oxygens (including phenoxy) is 2. The van der Waals surface area contributed by atoms with Gasteiger partial charge in [-0.25, -0.2) is 0 Å². The van der Waals surface area contributed by atoms with Crippen molar-refractivity contribution in [1.82, 2.24) is 4.90 Å². The molecule has 118 valence electrons. The first-order chi connectivity index (χ1) is 10.8. The summed E-state index contributed by atoms with van der Waals surface area (Å²) in [5.41, 5.74) is 1.19. The summed E-state index contributed by atoms with van der Waals surface area (Å²) in [4.78, 5) is 2.12. The fourth-order valence-corrected chi connectivity index (χ4v) is 2.58. The van der Waals surface area contributed by atoms with Gasteiger partial charge in [0.15, 0.2) is 6.29 Å². The summed E-state index contributed by atoms with van der Waals surface area (Å²) in [6.07, 6.45) is 0.677. The van der Waals surface area contributed by atoms with Gasteiger partial charge in [0.05, 0.1) is 19.5 Å². The third-order valence-electron chi connectivity index (χ3n) is 3.65. The van der Waals surface area contributed by atoms with E-state index in [4.69, 9.17) is 13.9 Å². The average Bonchev–Trinajstić information content (AvgIpc) is 3.21. The number of furan rings is 1. The third-order valence-corrected chi connectivity index (χ3v) is 3.65. The van der Waals surface area contributed by atoms with Crippen molar-refractivity contribution < 1.29 is 19.0 Å². The van der Waals surface area contributed by atoms with Crippen molar-refractivity contribution in [3.05, 3.63) is 60.1 Å². The lowest BCUT2D eigenvalue weighted by atomic mass is 10.2. The van der Waals surface area contributed by atoms with Crippen LogP contribution in [0.4, 0.5) is 0 Å². The van der Waals surface area contributed by atoms with E-state index in [1.807, 2.05) is 18.2 Å². The van der Waals surface area contributed by atoms with Gasteiger partial charge in [-0.15, -0.1) is 0 Å². The van der Waals surface area contributed by atoms with Crippen molar-refractivity contribution in [2.24, 2.45) is 0 Å². The van der Waals surface area contributed by atoms with E-state index in [0.29, 0.717) is 32.1 Å². The van der Waals surface area contributed by atoms with Gasteiger partial charge in [0.2, 0.25) is 0 Å². The Kier molecular flexibility index (Phi) is 5.24. The standard InChI is InChI=1S/C17H21NO4/c19-15(16-7-4-8-20-16)12-18(13-17-21-9-10-22-17)11-14-5-2-1-3-6-14/h1-8,15,17,19H,9-13H2. The molecular formula is C17H21NO4. The van der Waals surface area contributed by atoms with Gasteiger partial charge < -0.3 is 19.0 Å². The predicted octanol–water partition coefficient (Wildman–Crippen LogP) is 2.19. The predicted molar refractivity (Wildman–Crippen MR) is 81.1 cm³/mol. The Labute approximate surface area is 130 Å². The van der Waals surface area contributed by atoms with Crippen molar-refractivity contribution in [2.75, 3.05) is 26.3 Å². The number of benzene rings is 1. The Hall–Kier alpha value is -1.66. The van der Waals surface area contributed by atoms with E-state index in [1.54, 1.807) is 18.4 Å². The van der Waals surface area contributed by atoms with Gasteiger partial charge in [0.1, 0.15) is 11.9 Å². The zero-order chi connectivity index (χ0) is 15.2. The van der Waals surface area contributed by atoms with Crippen LogP contribution in [0.1, 0.15) is 17.4 Å². The van der Waals surface area contributed by atoms with Crippen LogP contribution in [0, 0.1) is 0 Å². The van der Waals surface area contributed by atoms with Crippen molar-refractivity contribution in [1.29, 1.82) is 0 Å². The van der Waals surface area contributed by atoms with Gasteiger partial charge in [0.25, 0.3) is 0 Å². The van der Waals surface area contributed by atoms with E-state index in [2.05, 4.69) is 17.0 Å². The first kappa shape index (κ1) is 15.2. The fraction of sp³-hybridized carbons (Fsp3) is 0.412. The van der Waals surface area contributed by atoms with Crippen LogP contribution in [-0.2, 0) is 16.0 Å². The molecule has 1 aromatic carbocycles. The molecule has 1 unspecified atom stereocenters. The molecule has 1 fully saturated rings. The van der Waals surface area contributed by atoms with Crippen molar-refractivity contribution in [2.45, 2.75) is 18.9 Å². The molecule has 0 saturated carbocycles. The monoisotopic (exact) mass is 303 g/mol. The summed E-state index contributed by atoms with van der Waals surface area (Å²) in [7, 11) is 0.